The van der Waals surface area contributed by atoms with E-state index >= 15 is 0 Å². The van der Waals surface area contributed by atoms with Crippen LogP contribution in [0.3, 0.4) is 0 Å². The SMILES string of the molecule is [Ga].[Hg].[Mg].[Se]. The topological polar surface area (TPSA) is 0 Å². The van der Waals surface area contributed by atoms with Gasteiger partial charge in [-0.15, -0.1) is 0 Å². The summed E-state index contributed by atoms with van der Waals surface area (Å²) in [6.07, 6.45) is 0. The van der Waals surface area contributed by atoms with Crippen LogP contribution in [0.5, 0.6) is 0 Å². The van der Waals surface area contributed by atoms with Crippen molar-refractivity contribution in [1.29, 1.82) is 0 Å². The molecule has 0 saturated heterocycles. The van der Waals surface area contributed by atoms with Crippen molar-refractivity contribution >= 4 is 59.9 Å². The van der Waals surface area contributed by atoms with E-state index in [-0.39, 0.29) is 87.6 Å². The number of rotatable bonds is 0. The van der Waals surface area contributed by atoms with Gasteiger partial charge in [0.2, 0.25) is 0 Å². The number of hydrogen-bond acceptors (Lipinski definition) is 0. The molecule has 0 aliphatic carbocycles. The van der Waals surface area contributed by atoms with Gasteiger partial charge in [0.25, 0.3) is 0 Å². The van der Waals surface area contributed by atoms with E-state index in [1.54, 1.807) is 0 Å². The average molecular weight is 374 g/mol. The predicted molar refractivity (Wildman–Crippen MR) is 17.3 cm³/mol. The molecular formula is GaHgMgSe. The van der Waals surface area contributed by atoms with Gasteiger partial charge in [-0.05, 0) is 0 Å². The Morgan fingerprint density at radius 3 is 1.00 bits per heavy atom. The summed E-state index contributed by atoms with van der Waals surface area (Å²) < 4.78 is 0. The Hall–Kier alpha value is 2.86. The van der Waals surface area contributed by atoms with Crippen molar-refractivity contribution in [3.8, 4) is 0 Å². The third-order valence-corrected chi connectivity index (χ3v) is 0. The number of hydrogen-bond donors (Lipinski definition) is 0. The first-order valence-electron chi connectivity index (χ1n) is 0. The molecule has 0 heterocycles. The van der Waals surface area contributed by atoms with Gasteiger partial charge < -0.3 is 0 Å². The zero-order valence-corrected chi connectivity index (χ0v) is 13.4. The Morgan fingerprint density at radius 2 is 1.00 bits per heavy atom. The molecule has 0 aromatic carbocycles. The Balaban J connectivity index is 0. The van der Waals surface area contributed by atoms with Crippen LogP contribution in [-0.4, -0.2) is 59.9 Å². The molecule has 0 nitrogen and oxygen atoms in total. The van der Waals surface area contributed by atoms with Crippen molar-refractivity contribution in [3.05, 3.63) is 0 Å². The second-order valence-corrected chi connectivity index (χ2v) is 0. The van der Waals surface area contributed by atoms with Gasteiger partial charge in [-0.1, -0.05) is 0 Å². The van der Waals surface area contributed by atoms with Crippen LogP contribution in [-0.2, 0) is 27.7 Å². The first kappa shape index (κ1) is 28.8. The molecule has 0 amide bonds. The van der Waals surface area contributed by atoms with Crippen LogP contribution in [0, 0.1) is 0 Å². The molecule has 0 N–H and O–H groups in total. The molecule has 0 aromatic heterocycles. The maximum absolute atomic E-state index is 0. The molecule has 0 saturated carbocycles. The molecule has 0 spiro atoms. The molecule has 0 atom stereocenters. The molecule has 13 valence electrons. The van der Waals surface area contributed by atoms with Gasteiger partial charge in [0.15, 0.2) is 0 Å². The molecule has 7 radical (unpaired) electrons. The fourth-order valence-electron chi connectivity index (χ4n) is 0. The molecule has 0 aliphatic rings. The Kier molecular flexibility index (Phi) is 122. The molecule has 0 aliphatic heterocycles. The van der Waals surface area contributed by atoms with E-state index in [0.717, 1.165) is 0 Å². The first-order valence-corrected chi connectivity index (χ1v) is 0. The van der Waals surface area contributed by atoms with E-state index < -0.39 is 0 Å². The Morgan fingerprint density at radius 1 is 1.00 bits per heavy atom. The summed E-state index contributed by atoms with van der Waals surface area (Å²) in [6.45, 7) is 0. The molecule has 0 fully saturated rings. The third-order valence-electron chi connectivity index (χ3n) is 0. The van der Waals surface area contributed by atoms with Crippen LogP contribution < -0.4 is 0 Å². The smallest absolute Gasteiger partial charge is 0 e. The van der Waals surface area contributed by atoms with Crippen LogP contribution >= 0.6 is 0 Å². The zero-order chi connectivity index (χ0) is 0. The van der Waals surface area contributed by atoms with Crippen LogP contribution in [0.1, 0.15) is 0 Å². The first-order chi connectivity index (χ1) is 0. The van der Waals surface area contributed by atoms with E-state index in [1.165, 1.54) is 0 Å². The van der Waals surface area contributed by atoms with E-state index in [0.29, 0.717) is 0 Å². The van der Waals surface area contributed by atoms with E-state index in [9.17, 15) is 0 Å². The molecule has 4 heavy (non-hydrogen) atoms. The summed E-state index contributed by atoms with van der Waals surface area (Å²) in [5.74, 6) is 0. The monoisotopic (exact) mass is 375 g/mol. The predicted octanol–water partition coefficient (Wildman–Crippen LogP) is -1.14. The van der Waals surface area contributed by atoms with Crippen molar-refractivity contribution < 1.29 is 27.7 Å². The molecular weight excluding hydrogens is 374 g/mol. The van der Waals surface area contributed by atoms with Gasteiger partial charge in [0.05, 0.1) is 0 Å². The zero-order valence-electron chi connectivity index (χ0n) is 2.40. The minimum atomic E-state index is 0. The summed E-state index contributed by atoms with van der Waals surface area (Å²) in [5, 5.41) is 0. The van der Waals surface area contributed by atoms with Gasteiger partial charge in [-0.2, -0.15) is 0 Å². The standard InChI is InChI=1S/Ga.Hg.Mg.Se. The third kappa shape index (κ3) is 8.85. The fourth-order valence-corrected chi connectivity index (χ4v) is 0. The maximum atomic E-state index is 0. The molecule has 0 bridgehead atoms. The van der Waals surface area contributed by atoms with Gasteiger partial charge in [-0.3, -0.25) is 0 Å². The van der Waals surface area contributed by atoms with Crippen molar-refractivity contribution in [1.82, 2.24) is 0 Å². The van der Waals surface area contributed by atoms with E-state index in [2.05, 4.69) is 0 Å². The molecule has 0 unspecified atom stereocenters. The normalized spacial score (nSPS) is 0. The summed E-state index contributed by atoms with van der Waals surface area (Å²) >= 11 is 0. The summed E-state index contributed by atoms with van der Waals surface area (Å²) in [5.41, 5.74) is 0. The average Bonchev–Trinajstić information content (AvgIpc) is 0. The Bertz CT molecular complexity index is 8.00. The van der Waals surface area contributed by atoms with Crippen molar-refractivity contribution in [2.24, 2.45) is 0 Å². The van der Waals surface area contributed by atoms with Crippen molar-refractivity contribution in [3.63, 3.8) is 0 Å². The van der Waals surface area contributed by atoms with Gasteiger partial charge >= 0.3 is 0 Å². The molecule has 0 rings (SSSR count). The van der Waals surface area contributed by atoms with Crippen LogP contribution in [0.15, 0.2) is 0 Å². The van der Waals surface area contributed by atoms with E-state index in [4.69, 9.17) is 0 Å². The van der Waals surface area contributed by atoms with E-state index in [1.807, 2.05) is 0 Å². The maximum Gasteiger partial charge on any atom is 0 e. The van der Waals surface area contributed by atoms with Crippen LogP contribution in [0.2, 0.25) is 0 Å². The largest absolute Gasteiger partial charge is 0 e. The minimum Gasteiger partial charge on any atom is 0 e. The fraction of sp³-hybridized carbons (Fsp3) is 0. The van der Waals surface area contributed by atoms with Gasteiger partial charge in [0, 0.05) is 87.6 Å². The van der Waals surface area contributed by atoms with Crippen molar-refractivity contribution in [2.45, 2.75) is 0 Å². The van der Waals surface area contributed by atoms with Gasteiger partial charge in [0.1, 0.15) is 0 Å². The molecule has 4 heteroatoms. The summed E-state index contributed by atoms with van der Waals surface area (Å²) in [6, 6.07) is 0. The second kappa shape index (κ2) is 16.9. The van der Waals surface area contributed by atoms with Gasteiger partial charge in [-0.25, -0.2) is 0 Å². The summed E-state index contributed by atoms with van der Waals surface area (Å²) in [4.78, 5) is 0. The second-order valence-electron chi connectivity index (χ2n) is 0. The van der Waals surface area contributed by atoms with Crippen molar-refractivity contribution in [2.75, 3.05) is 0 Å². The minimum absolute atomic E-state index is 0. The Labute approximate surface area is 86.0 Å². The van der Waals surface area contributed by atoms with Crippen LogP contribution in [0.25, 0.3) is 0 Å². The summed E-state index contributed by atoms with van der Waals surface area (Å²) in [7, 11) is 0. The quantitative estimate of drug-likeness (QED) is 0.471. The molecule has 0 aromatic rings. The van der Waals surface area contributed by atoms with Crippen LogP contribution in [0.4, 0.5) is 0 Å².